The number of aromatic carboxylic acids is 1. The van der Waals surface area contributed by atoms with Crippen molar-refractivity contribution >= 4 is 29.5 Å². The van der Waals surface area contributed by atoms with Crippen molar-refractivity contribution in [3.63, 3.8) is 0 Å². The van der Waals surface area contributed by atoms with Crippen molar-refractivity contribution in [2.24, 2.45) is 0 Å². The Morgan fingerprint density at radius 2 is 1.88 bits per heavy atom. The van der Waals surface area contributed by atoms with Crippen molar-refractivity contribution in [3.8, 4) is 5.69 Å². The number of carboxylic acids is 1. The average Bonchev–Trinajstić information content (AvgIpc) is 2.93. The fourth-order valence-electron chi connectivity index (χ4n) is 3.09. The van der Waals surface area contributed by atoms with Gasteiger partial charge >= 0.3 is 5.97 Å². The van der Waals surface area contributed by atoms with Gasteiger partial charge < -0.3 is 9.67 Å². The number of para-hydroxylation sites is 1. The molecule has 3 aromatic rings. The Morgan fingerprint density at radius 3 is 2.52 bits per heavy atom. The molecule has 0 amide bonds. The van der Waals surface area contributed by atoms with Crippen LogP contribution < -0.4 is 0 Å². The zero-order chi connectivity index (χ0) is 18.2. The molecule has 0 fully saturated rings. The average molecular weight is 353 g/mol. The molecule has 0 unspecified atom stereocenters. The maximum atomic E-state index is 11.6. The molecule has 0 aliphatic carbocycles. The standard InChI is InChI=1S/C21H23NO2S/c1-21(2,3)16-10-15(20(23)24)11-17(12-16)22-13-14(8-9-25)18-6-4-5-7-19(18)22/h4-7,10-13,25H,8-9H2,1-3H3,(H,23,24). The van der Waals surface area contributed by atoms with Gasteiger partial charge in [0.1, 0.15) is 0 Å². The van der Waals surface area contributed by atoms with Gasteiger partial charge in [-0.2, -0.15) is 12.6 Å². The number of hydrogen-bond donors (Lipinski definition) is 2. The van der Waals surface area contributed by atoms with Crippen LogP contribution in [0.25, 0.3) is 16.6 Å². The molecular formula is C21H23NO2S. The van der Waals surface area contributed by atoms with E-state index in [4.69, 9.17) is 0 Å². The summed E-state index contributed by atoms with van der Waals surface area (Å²) in [5, 5.41) is 10.7. The normalized spacial score (nSPS) is 11.8. The summed E-state index contributed by atoms with van der Waals surface area (Å²) in [6.07, 6.45) is 2.98. The van der Waals surface area contributed by atoms with Crippen molar-refractivity contribution in [1.82, 2.24) is 4.57 Å². The SMILES string of the molecule is CC(C)(C)c1cc(C(=O)O)cc(-n2cc(CCS)c3ccccc32)c1. The Kier molecular flexibility index (Phi) is 4.65. The highest BCUT2D eigenvalue weighted by atomic mass is 32.1. The molecule has 1 heterocycles. The van der Waals surface area contributed by atoms with E-state index >= 15 is 0 Å². The zero-order valence-corrected chi connectivity index (χ0v) is 15.7. The quantitative estimate of drug-likeness (QED) is 0.641. The van der Waals surface area contributed by atoms with Gasteiger partial charge in [-0.25, -0.2) is 4.79 Å². The fraction of sp³-hybridized carbons (Fsp3) is 0.286. The summed E-state index contributed by atoms with van der Waals surface area (Å²) in [4.78, 5) is 11.6. The molecule has 4 heteroatoms. The van der Waals surface area contributed by atoms with Crippen LogP contribution in [-0.2, 0) is 11.8 Å². The maximum absolute atomic E-state index is 11.6. The van der Waals surface area contributed by atoms with Crippen molar-refractivity contribution in [3.05, 3.63) is 65.4 Å². The molecule has 3 nitrogen and oxygen atoms in total. The van der Waals surface area contributed by atoms with E-state index in [0.717, 1.165) is 28.9 Å². The first-order valence-corrected chi connectivity index (χ1v) is 9.03. The highest BCUT2D eigenvalue weighted by Gasteiger charge is 2.19. The number of hydrogen-bond acceptors (Lipinski definition) is 2. The van der Waals surface area contributed by atoms with Crippen LogP contribution in [0.5, 0.6) is 0 Å². The van der Waals surface area contributed by atoms with E-state index in [1.807, 2.05) is 12.1 Å². The third kappa shape index (κ3) is 3.45. The molecule has 0 bridgehead atoms. The number of carbonyl (C=O) groups is 1. The highest BCUT2D eigenvalue weighted by molar-refractivity contribution is 7.80. The van der Waals surface area contributed by atoms with Crippen molar-refractivity contribution < 1.29 is 9.90 Å². The smallest absolute Gasteiger partial charge is 0.335 e. The van der Waals surface area contributed by atoms with Gasteiger partial charge in [0.15, 0.2) is 0 Å². The number of aryl methyl sites for hydroxylation is 1. The van der Waals surface area contributed by atoms with E-state index in [-0.39, 0.29) is 5.41 Å². The zero-order valence-electron chi connectivity index (χ0n) is 14.8. The number of fused-ring (bicyclic) bond motifs is 1. The van der Waals surface area contributed by atoms with E-state index in [0.29, 0.717) is 5.56 Å². The Hall–Kier alpha value is -2.20. The van der Waals surface area contributed by atoms with Gasteiger partial charge in [-0.15, -0.1) is 0 Å². The third-order valence-corrected chi connectivity index (χ3v) is 4.71. The fourth-order valence-corrected chi connectivity index (χ4v) is 3.33. The lowest BCUT2D eigenvalue weighted by Crippen LogP contribution is -2.13. The molecule has 1 N–H and O–H groups in total. The Labute approximate surface area is 153 Å². The van der Waals surface area contributed by atoms with E-state index in [2.05, 4.69) is 62.4 Å². The summed E-state index contributed by atoms with van der Waals surface area (Å²) < 4.78 is 2.09. The maximum Gasteiger partial charge on any atom is 0.335 e. The molecule has 0 saturated carbocycles. The number of carboxylic acid groups (broad SMARTS) is 1. The van der Waals surface area contributed by atoms with Crippen molar-refractivity contribution in [1.29, 1.82) is 0 Å². The monoisotopic (exact) mass is 353 g/mol. The predicted octanol–water partition coefficient (Wildman–Crippen LogP) is 5.10. The summed E-state index contributed by atoms with van der Waals surface area (Å²) in [7, 11) is 0. The van der Waals surface area contributed by atoms with E-state index < -0.39 is 5.97 Å². The van der Waals surface area contributed by atoms with Crippen LogP contribution in [0.1, 0.15) is 42.3 Å². The van der Waals surface area contributed by atoms with Gasteiger partial charge in [0.2, 0.25) is 0 Å². The van der Waals surface area contributed by atoms with Crippen LogP contribution in [0.4, 0.5) is 0 Å². The van der Waals surface area contributed by atoms with Gasteiger partial charge in [-0.3, -0.25) is 0 Å². The minimum absolute atomic E-state index is 0.128. The summed E-state index contributed by atoms with van der Waals surface area (Å²) in [6, 6.07) is 13.8. The molecule has 2 aromatic carbocycles. The van der Waals surface area contributed by atoms with E-state index in [9.17, 15) is 9.90 Å². The molecular weight excluding hydrogens is 330 g/mol. The van der Waals surface area contributed by atoms with Gasteiger partial charge in [0.05, 0.1) is 11.1 Å². The van der Waals surface area contributed by atoms with Crippen LogP contribution in [0, 0.1) is 0 Å². The van der Waals surface area contributed by atoms with E-state index in [1.165, 1.54) is 10.9 Å². The second-order valence-electron chi connectivity index (χ2n) is 7.34. The molecule has 0 spiro atoms. The topological polar surface area (TPSA) is 42.2 Å². The lowest BCUT2D eigenvalue weighted by atomic mass is 9.85. The number of benzene rings is 2. The van der Waals surface area contributed by atoms with Crippen LogP contribution in [0.15, 0.2) is 48.7 Å². The Bertz CT molecular complexity index is 935. The number of nitrogens with zero attached hydrogens (tertiary/aromatic N) is 1. The predicted molar refractivity (Wildman–Crippen MR) is 106 cm³/mol. The Morgan fingerprint density at radius 1 is 1.16 bits per heavy atom. The lowest BCUT2D eigenvalue weighted by Gasteiger charge is -2.21. The second kappa shape index (κ2) is 6.60. The summed E-state index contributed by atoms with van der Waals surface area (Å²) in [5.41, 5.74) is 4.39. The first-order chi connectivity index (χ1) is 11.8. The first-order valence-electron chi connectivity index (χ1n) is 8.40. The largest absolute Gasteiger partial charge is 0.478 e. The minimum atomic E-state index is -0.903. The van der Waals surface area contributed by atoms with Gasteiger partial charge in [-0.1, -0.05) is 39.0 Å². The molecule has 3 rings (SSSR count). The highest BCUT2D eigenvalue weighted by Crippen LogP contribution is 2.30. The van der Waals surface area contributed by atoms with Gasteiger partial charge in [0.25, 0.3) is 0 Å². The number of aromatic nitrogens is 1. The Balaban J connectivity index is 2.27. The summed E-state index contributed by atoms with van der Waals surface area (Å²) >= 11 is 4.36. The molecule has 130 valence electrons. The lowest BCUT2D eigenvalue weighted by molar-refractivity contribution is 0.0696. The molecule has 0 atom stereocenters. The second-order valence-corrected chi connectivity index (χ2v) is 7.79. The van der Waals surface area contributed by atoms with Crippen molar-refractivity contribution in [2.45, 2.75) is 32.6 Å². The first kappa shape index (κ1) is 17.6. The van der Waals surface area contributed by atoms with Gasteiger partial charge in [-0.05, 0) is 53.0 Å². The van der Waals surface area contributed by atoms with E-state index in [1.54, 1.807) is 12.1 Å². The summed E-state index contributed by atoms with van der Waals surface area (Å²) in [6.45, 7) is 6.29. The van der Waals surface area contributed by atoms with Crippen LogP contribution in [0.3, 0.4) is 0 Å². The summed E-state index contributed by atoms with van der Waals surface area (Å²) in [5.74, 6) is -0.129. The van der Waals surface area contributed by atoms with Crippen LogP contribution in [0.2, 0.25) is 0 Å². The number of thiol groups is 1. The van der Waals surface area contributed by atoms with Crippen molar-refractivity contribution in [2.75, 3.05) is 5.75 Å². The molecule has 0 aliphatic heterocycles. The van der Waals surface area contributed by atoms with Gasteiger partial charge in [0, 0.05) is 17.3 Å². The molecule has 25 heavy (non-hydrogen) atoms. The van der Waals surface area contributed by atoms with Crippen LogP contribution >= 0.6 is 12.6 Å². The molecule has 0 saturated heterocycles. The third-order valence-electron chi connectivity index (χ3n) is 4.48. The minimum Gasteiger partial charge on any atom is -0.478 e. The molecule has 0 aliphatic rings. The number of rotatable bonds is 4. The van der Waals surface area contributed by atoms with Crippen LogP contribution in [-0.4, -0.2) is 21.4 Å². The molecule has 0 radical (unpaired) electrons. The molecule has 1 aromatic heterocycles.